The van der Waals surface area contributed by atoms with Crippen LogP contribution >= 0.6 is 0 Å². The molecule has 0 amide bonds. The van der Waals surface area contributed by atoms with Crippen molar-refractivity contribution >= 4 is 23.2 Å². The van der Waals surface area contributed by atoms with Crippen molar-refractivity contribution in [2.45, 2.75) is 25.3 Å². The lowest BCUT2D eigenvalue weighted by Crippen LogP contribution is -2.44. The van der Waals surface area contributed by atoms with E-state index in [1.165, 1.54) is 0 Å². The molecule has 0 saturated heterocycles. The quantitative estimate of drug-likeness (QED) is 0.550. The molecular weight excluding hydrogens is 354 g/mol. The van der Waals surface area contributed by atoms with Crippen molar-refractivity contribution < 1.29 is 19.1 Å². The fourth-order valence-corrected chi connectivity index (χ4v) is 4.75. The molecule has 3 aliphatic rings. The molecule has 5 rings (SSSR count). The van der Waals surface area contributed by atoms with Crippen molar-refractivity contribution in [3.63, 3.8) is 0 Å². The van der Waals surface area contributed by atoms with Crippen LogP contribution in [-0.2, 0) is 9.53 Å². The van der Waals surface area contributed by atoms with Crippen molar-refractivity contribution in [3.8, 4) is 0 Å². The number of ether oxygens (including phenoxy) is 1. The standard InChI is InChI=1S/C23H19NO4/c1-2-28-23(27)20-13-9-5-8-12(13)18-17(24-20)11-10-16-19(18)22(26)15-7-4-3-6-14(15)21(16)25/h3-8,10-13,20,24H,2,9H2,1H3/t12-,13+,20-/m1/s1. The molecule has 0 saturated carbocycles. The first-order valence-corrected chi connectivity index (χ1v) is 9.57. The van der Waals surface area contributed by atoms with Gasteiger partial charge in [0.1, 0.15) is 6.04 Å². The molecule has 5 heteroatoms. The Morgan fingerprint density at radius 2 is 1.82 bits per heavy atom. The summed E-state index contributed by atoms with van der Waals surface area (Å²) in [6.07, 6.45) is 4.82. The number of anilines is 1. The summed E-state index contributed by atoms with van der Waals surface area (Å²) in [6, 6.07) is 9.99. The van der Waals surface area contributed by atoms with E-state index < -0.39 is 6.04 Å². The van der Waals surface area contributed by atoms with Crippen LogP contribution < -0.4 is 5.32 Å². The van der Waals surface area contributed by atoms with Crippen LogP contribution in [0.5, 0.6) is 0 Å². The molecule has 0 fully saturated rings. The van der Waals surface area contributed by atoms with E-state index in [2.05, 4.69) is 11.4 Å². The molecule has 2 aliphatic carbocycles. The second-order valence-corrected chi connectivity index (χ2v) is 7.38. The molecular formula is C23H19NO4. The lowest BCUT2D eigenvalue weighted by Gasteiger charge is -2.37. The molecule has 1 N–H and O–H groups in total. The molecule has 5 nitrogen and oxygen atoms in total. The number of carbonyl (C=O) groups is 3. The van der Waals surface area contributed by atoms with E-state index in [9.17, 15) is 14.4 Å². The van der Waals surface area contributed by atoms with Crippen LogP contribution in [0.15, 0.2) is 48.6 Å². The zero-order valence-corrected chi connectivity index (χ0v) is 15.4. The Morgan fingerprint density at radius 1 is 1.07 bits per heavy atom. The van der Waals surface area contributed by atoms with Crippen LogP contribution in [0.2, 0.25) is 0 Å². The third-order valence-electron chi connectivity index (χ3n) is 5.96. The Labute approximate surface area is 162 Å². The van der Waals surface area contributed by atoms with Gasteiger partial charge in [0.05, 0.1) is 6.61 Å². The van der Waals surface area contributed by atoms with E-state index in [0.29, 0.717) is 28.9 Å². The molecule has 0 aromatic heterocycles. The van der Waals surface area contributed by atoms with Gasteiger partial charge >= 0.3 is 5.97 Å². The Bertz CT molecular complexity index is 1070. The lowest BCUT2D eigenvalue weighted by molar-refractivity contribution is -0.145. The number of carbonyl (C=O) groups excluding carboxylic acids is 3. The molecule has 0 unspecified atom stereocenters. The first-order valence-electron chi connectivity index (χ1n) is 9.57. The first kappa shape index (κ1) is 16.9. The smallest absolute Gasteiger partial charge is 0.328 e. The number of rotatable bonds is 2. The summed E-state index contributed by atoms with van der Waals surface area (Å²) < 4.78 is 5.25. The number of hydrogen-bond donors (Lipinski definition) is 1. The topological polar surface area (TPSA) is 72.5 Å². The van der Waals surface area contributed by atoms with Crippen molar-refractivity contribution in [1.82, 2.24) is 0 Å². The number of hydrogen-bond acceptors (Lipinski definition) is 5. The maximum atomic E-state index is 13.3. The maximum absolute atomic E-state index is 13.3. The van der Waals surface area contributed by atoms with Crippen LogP contribution in [-0.4, -0.2) is 30.2 Å². The second-order valence-electron chi connectivity index (χ2n) is 7.38. The minimum Gasteiger partial charge on any atom is -0.464 e. The predicted molar refractivity (Wildman–Crippen MR) is 104 cm³/mol. The monoisotopic (exact) mass is 373 g/mol. The van der Waals surface area contributed by atoms with Crippen molar-refractivity contribution in [1.29, 1.82) is 0 Å². The molecule has 1 heterocycles. The zero-order valence-electron chi connectivity index (χ0n) is 15.4. The van der Waals surface area contributed by atoms with Crippen LogP contribution in [0.25, 0.3) is 0 Å². The fraction of sp³-hybridized carbons (Fsp3) is 0.261. The highest BCUT2D eigenvalue weighted by Crippen LogP contribution is 2.48. The van der Waals surface area contributed by atoms with Gasteiger partial charge in [0, 0.05) is 39.8 Å². The minimum atomic E-state index is -0.466. The summed E-state index contributed by atoms with van der Waals surface area (Å²) in [4.78, 5) is 38.8. The average molecular weight is 373 g/mol. The molecule has 0 spiro atoms. The highest BCUT2D eigenvalue weighted by atomic mass is 16.5. The lowest BCUT2D eigenvalue weighted by atomic mass is 9.72. The zero-order chi connectivity index (χ0) is 19.4. The van der Waals surface area contributed by atoms with Crippen LogP contribution in [0.1, 0.15) is 56.7 Å². The Balaban J connectivity index is 1.68. The highest BCUT2D eigenvalue weighted by molar-refractivity contribution is 6.29. The van der Waals surface area contributed by atoms with Gasteiger partial charge in [-0.05, 0) is 31.0 Å². The van der Waals surface area contributed by atoms with E-state index in [4.69, 9.17) is 4.74 Å². The van der Waals surface area contributed by atoms with Crippen LogP contribution in [0, 0.1) is 5.92 Å². The first-order chi connectivity index (χ1) is 13.6. The third kappa shape index (κ3) is 2.22. The number of benzene rings is 2. The Hall–Kier alpha value is -3.21. The minimum absolute atomic E-state index is 0.0295. The molecule has 3 atom stereocenters. The normalized spacial score (nSPS) is 24.0. The van der Waals surface area contributed by atoms with Crippen molar-refractivity contribution in [2.24, 2.45) is 5.92 Å². The van der Waals surface area contributed by atoms with Gasteiger partial charge < -0.3 is 10.1 Å². The molecule has 140 valence electrons. The SMILES string of the molecule is CCOC(=O)[C@@H]1Nc2ccc3c(c2[C@@H]2C=CC[C@H]12)C(=O)c1ccccc1C3=O. The van der Waals surface area contributed by atoms with E-state index in [0.717, 1.165) is 17.7 Å². The van der Waals surface area contributed by atoms with Gasteiger partial charge in [-0.2, -0.15) is 0 Å². The second kappa shape index (κ2) is 6.16. The number of fused-ring (bicyclic) bond motifs is 6. The van der Waals surface area contributed by atoms with Gasteiger partial charge in [0.15, 0.2) is 11.6 Å². The summed E-state index contributed by atoms with van der Waals surface area (Å²) >= 11 is 0. The largest absolute Gasteiger partial charge is 0.464 e. The van der Waals surface area contributed by atoms with Gasteiger partial charge in [-0.15, -0.1) is 0 Å². The molecule has 0 bridgehead atoms. The van der Waals surface area contributed by atoms with E-state index >= 15 is 0 Å². The number of allylic oxidation sites excluding steroid dienone is 2. The van der Waals surface area contributed by atoms with Gasteiger partial charge in [0.25, 0.3) is 0 Å². The average Bonchev–Trinajstić information content (AvgIpc) is 3.20. The number of ketones is 2. The summed E-state index contributed by atoms with van der Waals surface area (Å²) in [5.41, 5.74) is 3.36. The molecule has 28 heavy (non-hydrogen) atoms. The molecule has 0 radical (unpaired) electrons. The number of esters is 1. The number of nitrogens with one attached hydrogen (secondary N) is 1. The van der Waals surface area contributed by atoms with E-state index in [-0.39, 0.29) is 29.4 Å². The Kier molecular flexibility index (Phi) is 3.72. The summed E-state index contributed by atoms with van der Waals surface area (Å²) in [5.74, 6) is -0.658. The van der Waals surface area contributed by atoms with E-state index in [1.54, 1.807) is 37.3 Å². The van der Waals surface area contributed by atoms with Crippen molar-refractivity contribution in [3.05, 3.63) is 76.4 Å². The molecule has 1 aliphatic heterocycles. The van der Waals surface area contributed by atoms with Gasteiger partial charge in [-0.1, -0.05) is 36.4 Å². The fourth-order valence-electron chi connectivity index (χ4n) is 4.75. The molecule has 2 aromatic carbocycles. The van der Waals surface area contributed by atoms with Gasteiger partial charge in [-0.25, -0.2) is 4.79 Å². The Morgan fingerprint density at radius 3 is 2.57 bits per heavy atom. The van der Waals surface area contributed by atoms with Crippen LogP contribution in [0.4, 0.5) is 5.69 Å². The summed E-state index contributed by atoms with van der Waals surface area (Å²) in [6.45, 7) is 2.11. The third-order valence-corrected chi connectivity index (χ3v) is 5.96. The highest BCUT2D eigenvalue weighted by Gasteiger charge is 2.45. The van der Waals surface area contributed by atoms with Crippen molar-refractivity contribution in [2.75, 3.05) is 11.9 Å². The van der Waals surface area contributed by atoms with E-state index in [1.807, 2.05) is 12.1 Å². The summed E-state index contributed by atoms with van der Waals surface area (Å²) in [7, 11) is 0. The summed E-state index contributed by atoms with van der Waals surface area (Å²) in [5, 5.41) is 3.28. The van der Waals surface area contributed by atoms with Gasteiger partial charge in [-0.3, -0.25) is 9.59 Å². The maximum Gasteiger partial charge on any atom is 0.328 e. The molecule has 2 aromatic rings. The predicted octanol–water partition coefficient (Wildman–Crippen LogP) is 3.48. The van der Waals surface area contributed by atoms with Gasteiger partial charge in [0.2, 0.25) is 0 Å². The van der Waals surface area contributed by atoms with Crippen LogP contribution in [0.3, 0.4) is 0 Å².